The number of hydrogen-bond acceptors (Lipinski definition) is 4. The van der Waals surface area contributed by atoms with Crippen molar-refractivity contribution < 1.29 is 9.18 Å². The number of hydrogen-bond donors (Lipinski definition) is 1. The van der Waals surface area contributed by atoms with Crippen LogP contribution in [0.3, 0.4) is 0 Å². The molecule has 154 valence electrons. The van der Waals surface area contributed by atoms with Crippen LogP contribution in [0.15, 0.2) is 71.8 Å². The van der Waals surface area contributed by atoms with Crippen LogP contribution in [0, 0.1) is 12.7 Å². The summed E-state index contributed by atoms with van der Waals surface area (Å²) in [7, 11) is 0. The fraction of sp³-hybridized carbons (Fsp3) is 0.0909. The third kappa shape index (κ3) is 3.46. The predicted molar refractivity (Wildman–Crippen MR) is 113 cm³/mol. The fourth-order valence-electron chi connectivity index (χ4n) is 3.37. The maximum absolute atomic E-state index is 13.2. The first-order chi connectivity index (χ1) is 15.0. The molecule has 0 atom stereocenters. The summed E-state index contributed by atoms with van der Waals surface area (Å²) in [4.78, 5) is 25.1. The van der Waals surface area contributed by atoms with E-state index in [0.29, 0.717) is 22.5 Å². The maximum Gasteiger partial charge on any atom is 0.350 e. The summed E-state index contributed by atoms with van der Waals surface area (Å²) < 4.78 is 17.3. The van der Waals surface area contributed by atoms with Crippen LogP contribution in [-0.4, -0.2) is 29.7 Å². The Morgan fingerprint density at radius 2 is 1.77 bits per heavy atom. The minimum absolute atomic E-state index is 0.223. The molecule has 31 heavy (non-hydrogen) atoms. The zero-order valence-corrected chi connectivity index (χ0v) is 16.5. The molecule has 9 heteroatoms. The van der Waals surface area contributed by atoms with Gasteiger partial charge in [0.15, 0.2) is 5.65 Å². The molecule has 2 aromatic carbocycles. The number of aromatic nitrogens is 5. The molecule has 5 rings (SSSR count). The van der Waals surface area contributed by atoms with E-state index in [1.54, 1.807) is 47.2 Å². The van der Waals surface area contributed by atoms with Crippen molar-refractivity contribution in [1.29, 1.82) is 0 Å². The van der Waals surface area contributed by atoms with Crippen LogP contribution in [0.25, 0.3) is 22.4 Å². The van der Waals surface area contributed by atoms with Crippen molar-refractivity contribution in [3.8, 4) is 11.3 Å². The van der Waals surface area contributed by atoms with E-state index in [9.17, 15) is 14.0 Å². The standard InChI is InChI=1S/C22H17FN6O2/c1-14-2-8-17(9-3-14)24-20(30)13-29-22(31)27-10-11-28-19(21(27)26-29)12-18(25-28)15-4-6-16(23)7-5-15/h2-12H,13H2,1H3,(H,24,30). The SMILES string of the molecule is Cc1ccc(NC(=O)Cn2nc3c4cc(-c5ccc(F)cc5)nn4ccn3c2=O)cc1. The predicted octanol–water partition coefficient (Wildman–Crippen LogP) is 2.90. The molecule has 3 heterocycles. The van der Waals surface area contributed by atoms with E-state index >= 15 is 0 Å². The van der Waals surface area contributed by atoms with Crippen LogP contribution < -0.4 is 11.0 Å². The molecular weight excluding hydrogens is 399 g/mol. The molecule has 0 aliphatic rings. The maximum atomic E-state index is 13.2. The van der Waals surface area contributed by atoms with Crippen LogP contribution in [0.5, 0.6) is 0 Å². The molecule has 0 fully saturated rings. The first kappa shape index (κ1) is 18.7. The molecule has 1 amide bonds. The lowest BCUT2D eigenvalue weighted by molar-refractivity contribution is -0.117. The molecule has 0 bridgehead atoms. The first-order valence-electron chi connectivity index (χ1n) is 9.58. The van der Waals surface area contributed by atoms with Crippen LogP contribution in [0.1, 0.15) is 5.56 Å². The molecule has 0 saturated heterocycles. The Morgan fingerprint density at radius 3 is 2.52 bits per heavy atom. The Balaban J connectivity index is 1.48. The highest BCUT2D eigenvalue weighted by atomic mass is 19.1. The van der Waals surface area contributed by atoms with E-state index in [4.69, 9.17) is 0 Å². The second-order valence-corrected chi connectivity index (χ2v) is 7.21. The van der Waals surface area contributed by atoms with E-state index < -0.39 is 5.69 Å². The van der Waals surface area contributed by atoms with Crippen LogP contribution >= 0.6 is 0 Å². The number of halogens is 1. The number of carbonyl (C=O) groups is 1. The van der Waals surface area contributed by atoms with Gasteiger partial charge in [0.1, 0.15) is 17.9 Å². The van der Waals surface area contributed by atoms with Gasteiger partial charge >= 0.3 is 5.69 Å². The number of fused-ring (bicyclic) bond motifs is 3. The van der Waals surface area contributed by atoms with E-state index in [2.05, 4.69) is 15.5 Å². The number of anilines is 1. The summed E-state index contributed by atoms with van der Waals surface area (Å²) in [6.45, 7) is 1.74. The number of carbonyl (C=O) groups excluding carboxylic acids is 1. The summed E-state index contributed by atoms with van der Waals surface area (Å²) in [5, 5.41) is 11.6. The van der Waals surface area contributed by atoms with Crippen LogP contribution in [0.2, 0.25) is 0 Å². The number of aryl methyl sites for hydroxylation is 1. The molecule has 0 aliphatic heterocycles. The van der Waals surface area contributed by atoms with Crippen molar-refractivity contribution >= 4 is 22.8 Å². The molecule has 0 saturated carbocycles. The number of amides is 1. The van der Waals surface area contributed by atoms with Gasteiger partial charge < -0.3 is 5.32 Å². The van der Waals surface area contributed by atoms with E-state index in [0.717, 1.165) is 15.8 Å². The van der Waals surface area contributed by atoms with E-state index in [1.807, 2.05) is 19.1 Å². The molecule has 8 nitrogen and oxygen atoms in total. The smallest absolute Gasteiger partial charge is 0.324 e. The van der Waals surface area contributed by atoms with Crippen molar-refractivity contribution in [2.24, 2.45) is 0 Å². The van der Waals surface area contributed by atoms with Crippen molar-refractivity contribution in [2.45, 2.75) is 13.5 Å². The van der Waals surface area contributed by atoms with Gasteiger partial charge in [-0.25, -0.2) is 22.8 Å². The van der Waals surface area contributed by atoms with E-state index in [-0.39, 0.29) is 18.3 Å². The Kier molecular flexibility index (Phi) is 4.36. The number of benzene rings is 2. The summed E-state index contributed by atoms with van der Waals surface area (Å²) in [6.07, 6.45) is 3.18. The minimum Gasteiger partial charge on any atom is -0.324 e. The van der Waals surface area contributed by atoms with Gasteiger partial charge in [0.25, 0.3) is 0 Å². The molecule has 5 aromatic rings. The van der Waals surface area contributed by atoms with Gasteiger partial charge in [-0.05, 0) is 49.4 Å². The molecular formula is C22H17FN6O2. The fourth-order valence-corrected chi connectivity index (χ4v) is 3.37. The van der Waals surface area contributed by atoms with Gasteiger partial charge in [-0.2, -0.15) is 5.10 Å². The highest BCUT2D eigenvalue weighted by Gasteiger charge is 2.15. The molecule has 3 aromatic heterocycles. The second-order valence-electron chi connectivity index (χ2n) is 7.21. The van der Waals surface area contributed by atoms with Crippen LogP contribution in [-0.2, 0) is 11.3 Å². The second kappa shape index (κ2) is 7.21. The van der Waals surface area contributed by atoms with Crippen molar-refractivity contribution in [3.63, 3.8) is 0 Å². The van der Waals surface area contributed by atoms with Crippen molar-refractivity contribution in [3.05, 3.63) is 88.9 Å². The van der Waals surface area contributed by atoms with E-state index in [1.165, 1.54) is 16.5 Å². The Labute approximate surface area is 175 Å². The number of nitrogens with one attached hydrogen (secondary N) is 1. The number of rotatable bonds is 4. The van der Waals surface area contributed by atoms with Crippen LogP contribution in [0.4, 0.5) is 10.1 Å². The van der Waals surface area contributed by atoms with Gasteiger partial charge in [-0.3, -0.25) is 4.79 Å². The lowest BCUT2D eigenvalue weighted by Crippen LogP contribution is -2.28. The lowest BCUT2D eigenvalue weighted by Gasteiger charge is -2.04. The van der Waals surface area contributed by atoms with Gasteiger partial charge in [-0.15, -0.1) is 5.10 Å². The highest BCUT2D eigenvalue weighted by molar-refractivity contribution is 5.90. The summed E-state index contributed by atoms with van der Waals surface area (Å²) in [6, 6.07) is 15.1. The molecule has 0 spiro atoms. The Bertz CT molecular complexity index is 1480. The zero-order chi connectivity index (χ0) is 21.5. The summed E-state index contributed by atoms with van der Waals surface area (Å²) >= 11 is 0. The first-order valence-corrected chi connectivity index (χ1v) is 9.58. The molecule has 1 N–H and O–H groups in total. The largest absolute Gasteiger partial charge is 0.350 e. The molecule has 0 radical (unpaired) electrons. The van der Waals surface area contributed by atoms with Gasteiger partial charge in [0.2, 0.25) is 5.91 Å². The molecule has 0 unspecified atom stereocenters. The quantitative estimate of drug-likeness (QED) is 0.488. The zero-order valence-electron chi connectivity index (χ0n) is 16.5. The summed E-state index contributed by atoms with van der Waals surface area (Å²) in [5.74, 6) is -0.685. The van der Waals surface area contributed by atoms with Gasteiger partial charge in [0, 0.05) is 23.6 Å². The Morgan fingerprint density at radius 1 is 1.03 bits per heavy atom. The van der Waals surface area contributed by atoms with Crippen molar-refractivity contribution in [2.75, 3.05) is 5.32 Å². The summed E-state index contributed by atoms with van der Waals surface area (Å²) in [5.41, 5.74) is 3.62. The monoisotopic (exact) mass is 416 g/mol. The molecule has 0 aliphatic carbocycles. The third-order valence-electron chi connectivity index (χ3n) is 4.96. The normalized spacial score (nSPS) is 11.3. The average Bonchev–Trinajstić information content (AvgIpc) is 3.32. The minimum atomic E-state index is -0.430. The Hall–Kier alpha value is -4.27. The highest BCUT2D eigenvalue weighted by Crippen LogP contribution is 2.21. The van der Waals surface area contributed by atoms with Crippen molar-refractivity contribution in [1.82, 2.24) is 23.8 Å². The third-order valence-corrected chi connectivity index (χ3v) is 4.96. The topological polar surface area (TPSA) is 85.7 Å². The van der Waals surface area contributed by atoms with Gasteiger partial charge in [-0.1, -0.05) is 17.7 Å². The lowest BCUT2D eigenvalue weighted by atomic mass is 10.1. The number of nitrogens with zero attached hydrogens (tertiary/aromatic N) is 5. The average molecular weight is 416 g/mol. The van der Waals surface area contributed by atoms with Gasteiger partial charge in [0.05, 0.1) is 5.69 Å².